The third-order valence-corrected chi connectivity index (χ3v) is 6.87. The van der Waals surface area contributed by atoms with E-state index in [1.807, 2.05) is 0 Å². The molecule has 0 bridgehead atoms. The predicted molar refractivity (Wildman–Crippen MR) is 84.5 cm³/mol. The van der Waals surface area contributed by atoms with Crippen LogP contribution in [0.15, 0.2) is 23.2 Å². The largest absolute Gasteiger partial charge is 0.386 e. The molecule has 1 aliphatic heterocycles. The summed E-state index contributed by atoms with van der Waals surface area (Å²) in [7, 11) is -3.58. The summed E-state index contributed by atoms with van der Waals surface area (Å²) in [5, 5.41) is 10.9. The van der Waals surface area contributed by atoms with E-state index < -0.39 is 30.9 Å². The van der Waals surface area contributed by atoms with Gasteiger partial charge in [0.15, 0.2) is 9.84 Å². The maximum absolute atomic E-state index is 14.2. The summed E-state index contributed by atoms with van der Waals surface area (Å²) in [4.78, 5) is 14.5. The van der Waals surface area contributed by atoms with Crippen LogP contribution < -0.4 is 5.73 Å². The molecule has 1 aliphatic rings. The molecule has 0 saturated carbocycles. The Labute approximate surface area is 133 Å². The second-order valence-electron chi connectivity index (χ2n) is 6.27. The molecule has 126 valence electrons. The van der Waals surface area contributed by atoms with Crippen molar-refractivity contribution in [1.29, 1.82) is 0 Å². The number of non-ortho nitro benzene ring substituents is 1. The summed E-state index contributed by atoms with van der Waals surface area (Å²) in [6, 6.07) is 3.11. The molecule has 1 atom stereocenters. The summed E-state index contributed by atoms with van der Waals surface area (Å²) in [6.07, 6.45) is -0.0163. The van der Waals surface area contributed by atoms with Crippen LogP contribution in [0.25, 0.3) is 0 Å². The fourth-order valence-corrected chi connectivity index (χ4v) is 3.98. The maximum atomic E-state index is 14.2. The number of sulfone groups is 1. The standard InChI is InChI=1S/C14H18FN3O4S/c1-13(2)12(16)17-14(3,6-7-23(13,21)22)10-8-9(18(19)20)4-5-11(10)15/h4-5,8H,6-7H2,1-3H3,(H2,16,17)/t14-/m0/s1. The first kappa shape index (κ1) is 17.3. The maximum Gasteiger partial charge on any atom is 0.270 e. The van der Waals surface area contributed by atoms with Crippen molar-refractivity contribution in [1.82, 2.24) is 0 Å². The lowest BCUT2D eigenvalue weighted by Crippen LogP contribution is -2.45. The highest BCUT2D eigenvalue weighted by molar-refractivity contribution is 7.93. The highest BCUT2D eigenvalue weighted by Gasteiger charge is 2.45. The van der Waals surface area contributed by atoms with Crippen molar-refractivity contribution >= 4 is 21.4 Å². The van der Waals surface area contributed by atoms with Crippen LogP contribution in [0.5, 0.6) is 0 Å². The Morgan fingerprint density at radius 2 is 1.96 bits per heavy atom. The van der Waals surface area contributed by atoms with Crippen LogP contribution in [0.3, 0.4) is 0 Å². The van der Waals surface area contributed by atoms with Gasteiger partial charge in [-0.2, -0.15) is 0 Å². The molecule has 0 spiro atoms. The minimum atomic E-state index is -3.58. The minimum Gasteiger partial charge on any atom is -0.386 e. The number of benzene rings is 1. The Kier molecular flexibility index (Phi) is 3.96. The molecule has 0 fully saturated rings. The zero-order valence-electron chi connectivity index (χ0n) is 13.0. The lowest BCUT2D eigenvalue weighted by atomic mass is 9.89. The molecule has 0 radical (unpaired) electrons. The van der Waals surface area contributed by atoms with Gasteiger partial charge in [0.25, 0.3) is 5.69 Å². The SMILES string of the molecule is CC1(C)C(N)=N[C@](C)(c2cc([N+](=O)[O-])ccc2F)CCS1(=O)=O. The third-order valence-electron chi connectivity index (χ3n) is 4.36. The number of nitro groups is 1. The third kappa shape index (κ3) is 2.80. The number of halogens is 1. The van der Waals surface area contributed by atoms with Gasteiger partial charge in [-0.15, -0.1) is 0 Å². The molecule has 7 nitrogen and oxygen atoms in total. The highest BCUT2D eigenvalue weighted by Crippen LogP contribution is 2.38. The number of amidine groups is 1. The molecule has 1 heterocycles. The second kappa shape index (κ2) is 5.26. The minimum absolute atomic E-state index is 0.0163. The summed E-state index contributed by atoms with van der Waals surface area (Å²) in [5.41, 5.74) is 4.24. The van der Waals surface area contributed by atoms with E-state index in [1.165, 1.54) is 20.8 Å². The highest BCUT2D eigenvalue weighted by atomic mass is 32.2. The molecule has 23 heavy (non-hydrogen) atoms. The molecule has 0 unspecified atom stereocenters. The quantitative estimate of drug-likeness (QED) is 0.650. The molecule has 1 aromatic carbocycles. The first-order chi connectivity index (χ1) is 10.4. The van der Waals surface area contributed by atoms with Crippen molar-refractivity contribution < 1.29 is 17.7 Å². The molecular weight excluding hydrogens is 325 g/mol. The Bertz CT molecular complexity index is 804. The van der Waals surface area contributed by atoms with Crippen molar-refractivity contribution in [2.45, 2.75) is 37.5 Å². The first-order valence-electron chi connectivity index (χ1n) is 6.93. The van der Waals surface area contributed by atoms with E-state index >= 15 is 0 Å². The molecule has 0 aromatic heterocycles. The number of hydrogen-bond donors (Lipinski definition) is 1. The number of rotatable bonds is 2. The molecule has 1 aromatic rings. The number of nitro benzene ring substituents is 1. The van der Waals surface area contributed by atoms with Gasteiger partial charge in [0.2, 0.25) is 0 Å². The summed E-state index contributed by atoms with van der Waals surface area (Å²) >= 11 is 0. The number of nitrogens with zero attached hydrogens (tertiary/aromatic N) is 2. The Balaban J connectivity index is 2.66. The molecule has 0 aliphatic carbocycles. The van der Waals surface area contributed by atoms with Crippen LogP contribution in [0.1, 0.15) is 32.8 Å². The average molecular weight is 343 g/mol. The molecular formula is C14H18FN3O4S. The van der Waals surface area contributed by atoms with Gasteiger partial charge in [-0.25, -0.2) is 12.8 Å². The van der Waals surface area contributed by atoms with Gasteiger partial charge in [-0.1, -0.05) is 0 Å². The van der Waals surface area contributed by atoms with E-state index in [1.54, 1.807) is 0 Å². The van der Waals surface area contributed by atoms with Gasteiger partial charge >= 0.3 is 0 Å². The van der Waals surface area contributed by atoms with E-state index in [0.29, 0.717) is 0 Å². The molecule has 2 rings (SSSR count). The topological polar surface area (TPSA) is 116 Å². The fraction of sp³-hybridized carbons (Fsp3) is 0.500. The van der Waals surface area contributed by atoms with Crippen molar-refractivity contribution in [3.63, 3.8) is 0 Å². The van der Waals surface area contributed by atoms with Crippen molar-refractivity contribution in [2.75, 3.05) is 5.75 Å². The van der Waals surface area contributed by atoms with Gasteiger partial charge in [-0.05, 0) is 33.3 Å². The van der Waals surface area contributed by atoms with E-state index in [9.17, 15) is 22.9 Å². The van der Waals surface area contributed by atoms with Crippen LogP contribution in [0, 0.1) is 15.9 Å². The average Bonchev–Trinajstić information content (AvgIpc) is 2.50. The second-order valence-corrected chi connectivity index (χ2v) is 8.93. The summed E-state index contributed by atoms with van der Waals surface area (Å²) < 4.78 is 37.6. The van der Waals surface area contributed by atoms with Crippen LogP contribution in [0.4, 0.5) is 10.1 Å². The Morgan fingerprint density at radius 3 is 2.52 bits per heavy atom. The Hall–Kier alpha value is -2.03. The Morgan fingerprint density at radius 1 is 1.35 bits per heavy atom. The van der Waals surface area contributed by atoms with Gasteiger partial charge in [0.05, 0.1) is 16.2 Å². The molecule has 2 N–H and O–H groups in total. The van der Waals surface area contributed by atoms with Crippen LogP contribution >= 0.6 is 0 Å². The molecule has 0 amide bonds. The van der Waals surface area contributed by atoms with Crippen LogP contribution in [-0.2, 0) is 15.4 Å². The predicted octanol–water partition coefficient (Wildman–Crippen LogP) is 1.90. The smallest absolute Gasteiger partial charge is 0.270 e. The monoisotopic (exact) mass is 343 g/mol. The lowest BCUT2D eigenvalue weighted by Gasteiger charge is -2.25. The van der Waals surface area contributed by atoms with E-state index in [4.69, 9.17) is 5.73 Å². The van der Waals surface area contributed by atoms with E-state index in [2.05, 4.69) is 4.99 Å². The van der Waals surface area contributed by atoms with E-state index in [0.717, 1.165) is 18.2 Å². The van der Waals surface area contributed by atoms with Crippen molar-refractivity contribution in [2.24, 2.45) is 10.7 Å². The summed E-state index contributed by atoms with van der Waals surface area (Å²) in [5.74, 6) is -1.07. The lowest BCUT2D eigenvalue weighted by molar-refractivity contribution is -0.385. The number of nitrogens with two attached hydrogens (primary N) is 1. The zero-order valence-corrected chi connectivity index (χ0v) is 13.9. The normalized spacial score (nSPS) is 26.2. The van der Waals surface area contributed by atoms with Crippen molar-refractivity contribution in [3.05, 3.63) is 39.7 Å². The van der Waals surface area contributed by atoms with Gasteiger partial charge in [0.1, 0.15) is 16.4 Å². The number of aliphatic imine (C=N–C) groups is 1. The van der Waals surface area contributed by atoms with Crippen LogP contribution in [-0.4, -0.2) is 29.7 Å². The van der Waals surface area contributed by atoms with Gasteiger partial charge < -0.3 is 5.73 Å². The van der Waals surface area contributed by atoms with Gasteiger partial charge in [-0.3, -0.25) is 15.1 Å². The van der Waals surface area contributed by atoms with E-state index in [-0.39, 0.29) is 29.3 Å². The molecule has 9 heteroatoms. The van der Waals surface area contributed by atoms with Crippen molar-refractivity contribution in [3.8, 4) is 0 Å². The van der Waals surface area contributed by atoms with Crippen LogP contribution in [0.2, 0.25) is 0 Å². The van der Waals surface area contributed by atoms with Gasteiger partial charge in [0, 0.05) is 17.7 Å². The zero-order chi connectivity index (χ0) is 17.6. The number of hydrogen-bond acceptors (Lipinski definition) is 6. The summed E-state index contributed by atoms with van der Waals surface area (Å²) in [6.45, 7) is 4.41. The fourth-order valence-electron chi connectivity index (χ4n) is 2.44. The molecule has 0 saturated heterocycles. The first-order valence-corrected chi connectivity index (χ1v) is 8.58.